The molecule has 1 amide bonds. The minimum Gasteiger partial charge on any atom is -0.379 e. The highest BCUT2D eigenvalue weighted by Crippen LogP contribution is 2.32. The molecule has 2 aromatic rings. The van der Waals surface area contributed by atoms with Gasteiger partial charge >= 0.3 is 0 Å². The van der Waals surface area contributed by atoms with E-state index in [1.54, 1.807) is 0 Å². The Hall–Kier alpha value is -2.14. The smallest absolute Gasteiger partial charge is 0.227 e. The Morgan fingerprint density at radius 3 is 2.80 bits per heavy atom. The lowest BCUT2D eigenvalue weighted by molar-refractivity contribution is -0.135. The predicted molar refractivity (Wildman–Crippen MR) is 95.1 cm³/mol. The highest BCUT2D eigenvalue weighted by molar-refractivity contribution is 5.79. The van der Waals surface area contributed by atoms with Gasteiger partial charge in [0.15, 0.2) is 0 Å². The molecule has 0 radical (unpaired) electrons. The number of ether oxygens (including phenoxy) is 1. The maximum atomic E-state index is 13.0. The quantitative estimate of drug-likeness (QED) is 0.812. The molecule has 2 aliphatic rings. The predicted octanol–water partition coefficient (Wildman–Crippen LogP) is 2.52. The van der Waals surface area contributed by atoms with Gasteiger partial charge in [-0.15, -0.1) is 0 Å². The van der Waals surface area contributed by atoms with Crippen molar-refractivity contribution in [2.45, 2.75) is 31.7 Å². The molecule has 1 fully saturated rings. The van der Waals surface area contributed by atoms with Gasteiger partial charge in [-0.2, -0.15) is 5.10 Å². The van der Waals surface area contributed by atoms with Gasteiger partial charge < -0.3 is 9.64 Å². The third kappa shape index (κ3) is 3.61. The summed E-state index contributed by atoms with van der Waals surface area (Å²) >= 11 is 0. The molecule has 2 heterocycles. The summed E-state index contributed by atoms with van der Waals surface area (Å²) in [6.45, 7) is 2.11. The molecule has 1 aromatic carbocycles. The van der Waals surface area contributed by atoms with E-state index in [0.29, 0.717) is 13.0 Å². The lowest BCUT2D eigenvalue weighted by Gasteiger charge is -2.36. The van der Waals surface area contributed by atoms with Gasteiger partial charge in [-0.25, -0.2) is 0 Å². The number of nitrogens with zero attached hydrogens (tertiary/aromatic N) is 3. The molecule has 1 aliphatic carbocycles. The van der Waals surface area contributed by atoms with Gasteiger partial charge in [0.1, 0.15) is 0 Å². The van der Waals surface area contributed by atoms with E-state index in [0.717, 1.165) is 36.7 Å². The van der Waals surface area contributed by atoms with Crippen LogP contribution in [0.5, 0.6) is 0 Å². The zero-order valence-corrected chi connectivity index (χ0v) is 14.7. The fraction of sp³-hybridized carbons (Fsp3) is 0.500. The standard InChI is InChI=1S/C20H25N3O2/c1-22-20-17(12-21-22)9-10-23(18(20)14-25-13-16-7-8-16)19(24)11-15-5-3-2-4-6-15/h2-6,12,16,18H,7-11,13-14H2,1H3. The Morgan fingerprint density at radius 1 is 1.24 bits per heavy atom. The molecule has 25 heavy (non-hydrogen) atoms. The van der Waals surface area contributed by atoms with Gasteiger partial charge in [0.05, 0.1) is 31.0 Å². The van der Waals surface area contributed by atoms with Crippen LogP contribution in [0.3, 0.4) is 0 Å². The molecule has 1 aliphatic heterocycles. The SMILES string of the molecule is Cn1ncc2c1C(COCC1CC1)N(C(=O)Cc1ccccc1)CC2. The fourth-order valence-electron chi connectivity index (χ4n) is 3.63. The second-order valence-electron chi connectivity index (χ2n) is 7.17. The molecule has 1 unspecified atom stereocenters. The third-order valence-corrected chi connectivity index (χ3v) is 5.22. The second-order valence-corrected chi connectivity index (χ2v) is 7.17. The average molecular weight is 339 g/mol. The first-order valence-electron chi connectivity index (χ1n) is 9.14. The van der Waals surface area contributed by atoms with Crippen LogP contribution in [0.25, 0.3) is 0 Å². The first-order valence-corrected chi connectivity index (χ1v) is 9.14. The van der Waals surface area contributed by atoms with Crippen LogP contribution in [-0.2, 0) is 29.4 Å². The minimum atomic E-state index is -0.0359. The van der Waals surface area contributed by atoms with Crippen LogP contribution in [0.2, 0.25) is 0 Å². The summed E-state index contributed by atoms with van der Waals surface area (Å²) in [7, 11) is 1.96. The van der Waals surface area contributed by atoms with E-state index < -0.39 is 0 Å². The van der Waals surface area contributed by atoms with E-state index in [-0.39, 0.29) is 11.9 Å². The minimum absolute atomic E-state index is 0.0359. The number of aryl methyl sites for hydroxylation is 1. The number of rotatable bonds is 6. The largest absolute Gasteiger partial charge is 0.379 e. The molecular weight excluding hydrogens is 314 g/mol. The number of amides is 1. The van der Waals surface area contributed by atoms with Crippen molar-refractivity contribution in [3.8, 4) is 0 Å². The Balaban J connectivity index is 1.51. The van der Waals surface area contributed by atoms with Gasteiger partial charge in [0.25, 0.3) is 0 Å². The molecule has 0 bridgehead atoms. The summed E-state index contributed by atoms with van der Waals surface area (Å²) in [6, 6.07) is 9.92. The lowest BCUT2D eigenvalue weighted by Crippen LogP contribution is -2.43. The molecule has 0 saturated heterocycles. The zero-order chi connectivity index (χ0) is 17.2. The molecule has 4 rings (SSSR count). The highest BCUT2D eigenvalue weighted by Gasteiger charge is 2.34. The van der Waals surface area contributed by atoms with Crippen LogP contribution in [0.4, 0.5) is 0 Å². The summed E-state index contributed by atoms with van der Waals surface area (Å²) in [5, 5.41) is 4.40. The average Bonchev–Trinajstić information content (AvgIpc) is 3.37. The molecule has 132 valence electrons. The van der Waals surface area contributed by atoms with Gasteiger partial charge in [-0.1, -0.05) is 30.3 Å². The van der Waals surface area contributed by atoms with Crippen molar-refractivity contribution in [3.63, 3.8) is 0 Å². The Bertz CT molecular complexity index is 737. The van der Waals surface area contributed by atoms with Crippen molar-refractivity contribution < 1.29 is 9.53 Å². The Morgan fingerprint density at radius 2 is 2.04 bits per heavy atom. The van der Waals surface area contributed by atoms with Crippen molar-refractivity contribution in [1.29, 1.82) is 0 Å². The van der Waals surface area contributed by atoms with E-state index in [9.17, 15) is 4.79 Å². The van der Waals surface area contributed by atoms with Crippen LogP contribution in [0.1, 0.15) is 35.7 Å². The molecule has 0 spiro atoms. The third-order valence-electron chi connectivity index (χ3n) is 5.22. The maximum absolute atomic E-state index is 13.0. The Kier molecular flexibility index (Phi) is 4.57. The zero-order valence-electron chi connectivity index (χ0n) is 14.7. The molecule has 1 atom stereocenters. The first kappa shape index (κ1) is 16.3. The van der Waals surface area contributed by atoms with Crippen molar-refractivity contribution in [2.75, 3.05) is 19.8 Å². The monoisotopic (exact) mass is 339 g/mol. The fourth-order valence-corrected chi connectivity index (χ4v) is 3.63. The van der Waals surface area contributed by atoms with E-state index in [1.165, 1.54) is 18.4 Å². The number of carbonyl (C=O) groups excluding carboxylic acids is 1. The van der Waals surface area contributed by atoms with Crippen LogP contribution in [0, 0.1) is 5.92 Å². The summed E-state index contributed by atoms with van der Waals surface area (Å²) in [4.78, 5) is 15.0. The van der Waals surface area contributed by atoms with Crippen molar-refractivity contribution in [2.24, 2.45) is 13.0 Å². The summed E-state index contributed by atoms with van der Waals surface area (Å²) in [5.74, 6) is 0.890. The maximum Gasteiger partial charge on any atom is 0.227 e. The number of fused-ring (bicyclic) bond motifs is 1. The normalized spacial score (nSPS) is 19.7. The van der Waals surface area contributed by atoms with Gasteiger partial charge in [-0.3, -0.25) is 9.48 Å². The molecule has 1 saturated carbocycles. The van der Waals surface area contributed by atoms with Crippen LogP contribution < -0.4 is 0 Å². The van der Waals surface area contributed by atoms with Crippen LogP contribution >= 0.6 is 0 Å². The van der Waals surface area contributed by atoms with Gasteiger partial charge in [0.2, 0.25) is 5.91 Å². The van der Waals surface area contributed by atoms with Gasteiger partial charge in [-0.05, 0) is 36.3 Å². The number of carbonyl (C=O) groups is 1. The Labute approximate surface area is 148 Å². The number of hydrogen-bond acceptors (Lipinski definition) is 3. The molecule has 0 N–H and O–H groups in total. The van der Waals surface area contributed by atoms with Crippen molar-refractivity contribution in [3.05, 3.63) is 53.3 Å². The summed E-state index contributed by atoms with van der Waals surface area (Å²) < 4.78 is 7.88. The second kappa shape index (κ2) is 7.00. The molecular formula is C20H25N3O2. The number of benzene rings is 1. The molecule has 1 aromatic heterocycles. The number of aromatic nitrogens is 2. The highest BCUT2D eigenvalue weighted by atomic mass is 16.5. The van der Waals surface area contributed by atoms with E-state index >= 15 is 0 Å². The number of hydrogen-bond donors (Lipinski definition) is 0. The van der Waals surface area contributed by atoms with Crippen LogP contribution in [-0.4, -0.2) is 40.3 Å². The van der Waals surface area contributed by atoms with E-state index in [2.05, 4.69) is 5.10 Å². The van der Waals surface area contributed by atoms with Crippen molar-refractivity contribution in [1.82, 2.24) is 14.7 Å². The molecule has 5 heteroatoms. The summed E-state index contributed by atoms with van der Waals surface area (Å²) in [5.41, 5.74) is 3.43. The summed E-state index contributed by atoms with van der Waals surface area (Å²) in [6.07, 6.45) is 5.79. The molecule has 5 nitrogen and oxygen atoms in total. The van der Waals surface area contributed by atoms with Gasteiger partial charge in [0, 0.05) is 20.2 Å². The topological polar surface area (TPSA) is 47.4 Å². The van der Waals surface area contributed by atoms with E-state index in [1.807, 2.05) is 53.2 Å². The first-order chi connectivity index (χ1) is 12.2. The van der Waals surface area contributed by atoms with Crippen molar-refractivity contribution >= 4 is 5.91 Å². The van der Waals surface area contributed by atoms with Crippen LogP contribution in [0.15, 0.2) is 36.5 Å². The van der Waals surface area contributed by atoms with E-state index in [4.69, 9.17) is 4.74 Å². The lowest BCUT2D eigenvalue weighted by atomic mass is 9.99.